The molecule has 39 heavy (non-hydrogen) atoms. The first-order chi connectivity index (χ1) is 19.0. The largest absolute Gasteiger partial charge is 0.497 e. The number of nitrogens with one attached hydrogen (secondary N) is 2. The molecule has 2 aromatic heterocycles. The van der Waals surface area contributed by atoms with Gasteiger partial charge < -0.3 is 25.2 Å². The predicted octanol–water partition coefficient (Wildman–Crippen LogP) is 5.39. The number of aryl methyl sites for hydroxylation is 1. The fourth-order valence-corrected chi connectivity index (χ4v) is 4.63. The Kier molecular flexibility index (Phi) is 9.03. The summed E-state index contributed by atoms with van der Waals surface area (Å²) in [5, 5.41) is 7.55. The van der Waals surface area contributed by atoms with Gasteiger partial charge >= 0.3 is 0 Å². The Balaban J connectivity index is 0.00000172. The molecule has 0 saturated carbocycles. The Labute approximate surface area is 230 Å². The summed E-state index contributed by atoms with van der Waals surface area (Å²) in [6.07, 6.45) is 1.78. The van der Waals surface area contributed by atoms with Crippen LogP contribution >= 0.6 is 0 Å². The Morgan fingerprint density at radius 2 is 1.92 bits per heavy atom. The van der Waals surface area contributed by atoms with Crippen molar-refractivity contribution in [2.75, 3.05) is 55.9 Å². The van der Waals surface area contributed by atoms with Crippen LogP contribution in [0.3, 0.4) is 0 Å². The summed E-state index contributed by atoms with van der Waals surface area (Å²) >= 11 is 0. The first-order valence-electron chi connectivity index (χ1n) is 13.6. The van der Waals surface area contributed by atoms with Gasteiger partial charge in [-0.3, -0.25) is 9.36 Å². The lowest BCUT2D eigenvalue weighted by atomic mass is 10.1. The number of aromatic nitrogens is 3. The van der Waals surface area contributed by atoms with E-state index >= 15 is 0 Å². The van der Waals surface area contributed by atoms with Gasteiger partial charge in [0.15, 0.2) is 0 Å². The maximum atomic E-state index is 14.0. The van der Waals surface area contributed by atoms with Crippen LogP contribution in [0, 0.1) is 6.92 Å². The third-order valence-electron chi connectivity index (χ3n) is 6.85. The van der Waals surface area contributed by atoms with Gasteiger partial charge in [0.2, 0.25) is 5.95 Å². The molecule has 1 aliphatic heterocycles. The van der Waals surface area contributed by atoms with Crippen LogP contribution in [0.2, 0.25) is 0 Å². The summed E-state index contributed by atoms with van der Waals surface area (Å²) in [7, 11) is 3.69. The van der Waals surface area contributed by atoms with Crippen molar-refractivity contribution in [1.29, 1.82) is 0 Å². The average Bonchev–Trinajstić information content (AvgIpc) is 2.97. The summed E-state index contributed by atoms with van der Waals surface area (Å²) < 4.78 is 7.11. The van der Waals surface area contributed by atoms with Gasteiger partial charge in [-0.1, -0.05) is 39.0 Å². The zero-order valence-corrected chi connectivity index (χ0v) is 23.8. The van der Waals surface area contributed by atoms with Gasteiger partial charge in [-0.15, -0.1) is 0 Å². The number of hydrogen-bond acceptors (Lipinski definition) is 8. The van der Waals surface area contributed by atoms with Crippen LogP contribution in [-0.2, 0) is 6.54 Å². The van der Waals surface area contributed by atoms with Crippen LogP contribution in [-0.4, -0.2) is 59.8 Å². The highest BCUT2D eigenvalue weighted by molar-refractivity contribution is 5.85. The van der Waals surface area contributed by atoms with Gasteiger partial charge in [0, 0.05) is 49.5 Å². The molecule has 4 aromatic rings. The second kappa shape index (κ2) is 12.6. The molecule has 2 N–H and O–H groups in total. The van der Waals surface area contributed by atoms with Crippen LogP contribution in [0.4, 0.5) is 28.7 Å². The normalized spacial score (nSPS) is 12.4. The van der Waals surface area contributed by atoms with Crippen LogP contribution in [0.15, 0.2) is 59.5 Å². The Morgan fingerprint density at radius 3 is 2.69 bits per heavy atom. The van der Waals surface area contributed by atoms with E-state index in [2.05, 4.69) is 58.4 Å². The summed E-state index contributed by atoms with van der Waals surface area (Å²) in [6.45, 7) is 11.8. The zero-order chi connectivity index (χ0) is 27.9. The molecule has 0 atom stereocenters. The molecular weight excluding hydrogens is 490 g/mol. The quantitative estimate of drug-likeness (QED) is 0.314. The highest BCUT2D eigenvalue weighted by atomic mass is 16.5. The molecular formula is C30H39N7O2. The van der Waals surface area contributed by atoms with Crippen LogP contribution in [0.1, 0.15) is 26.3 Å². The molecule has 0 bridgehead atoms. The number of nitrogens with zero attached hydrogens (tertiary/aromatic N) is 5. The van der Waals surface area contributed by atoms with Crippen molar-refractivity contribution in [2.45, 2.75) is 34.2 Å². The molecule has 5 rings (SSSR count). The first-order valence-corrected chi connectivity index (χ1v) is 13.6. The fraction of sp³-hybridized carbons (Fsp3) is 0.367. The fourth-order valence-electron chi connectivity index (χ4n) is 4.63. The molecule has 206 valence electrons. The molecule has 0 radical (unpaired) electrons. The van der Waals surface area contributed by atoms with Crippen LogP contribution in [0.25, 0.3) is 11.0 Å². The monoisotopic (exact) mass is 529 g/mol. The Morgan fingerprint density at radius 1 is 1.13 bits per heavy atom. The lowest BCUT2D eigenvalue weighted by molar-refractivity contribution is 0.335. The number of fused-ring (bicyclic) bond motifs is 2. The van der Waals surface area contributed by atoms with Crippen molar-refractivity contribution in [3.05, 3.63) is 70.6 Å². The lowest BCUT2D eigenvalue weighted by Gasteiger charge is -2.33. The molecule has 9 heteroatoms. The Hall–Kier alpha value is -4.11. The van der Waals surface area contributed by atoms with E-state index < -0.39 is 0 Å². The number of pyridine rings is 1. The van der Waals surface area contributed by atoms with E-state index in [0.29, 0.717) is 30.4 Å². The number of likely N-dealkylation sites (N-methyl/N-ethyl adjacent to an activating group) is 1. The topological polar surface area (TPSA) is 87.6 Å². The van der Waals surface area contributed by atoms with Crippen molar-refractivity contribution < 1.29 is 4.74 Å². The van der Waals surface area contributed by atoms with Crippen LogP contribution in [0.5, 0.6) is 5.75 Å². The van der Waals surface area contributed by atoms with E-state index in [9.17, 15) is 4.79 Å². The lowest BCUT2D eigenvalue weighted by Crippen LogP contribution is -2.37. The standard InChI is InChI=1S/C28H33N7O2.C2H6/c1-5-33(3)14-15-35-26-20(18-30-28(32-26)31-21-9-7-10-22(17-21)37-4)16-24(27(35)36)34-13-12-29-25-19(2)8-6-11-23(25)34;1-2/h6-11,16-18,29H,5,12-15H2,1-4H3,(H,30,31,32);1-2H3. The van der Waals surface area contributed by atoms with Gasteiger partial charge in [-0.05, 0) is 50.3 Å². The van der Waals surface area contributed by atoms with E-state index in [1.165, 1.54) is 0 Å². The van der Waals surface area contributed by atoms with Gasteiger partial charge in [0.25, 0.3) is 5.56 Å². The van der Waals surface area contributed by atoms with E-state index in [-0.39, 0.29) is 5.56 Å². The predicted molar refractivity (Wildman–Crippen MR) is 161 cm³/mol. The molecule has 0 amide bonds. The maximum Gasteiger partial charge on any atom is 0.276 e. The minimum absolute atomic E-state index is 0.0580. The van der Waals surface area contributed by atoms with Gasteiger partial charge in [0.1, 0.15) is 17.1 Å². The van der Waals surface area contributed by atoms with Crippen LogP contribution < -0.4 is 25.8 Å². The molecule has 2 aromatic carbocycles. The minimum Gasteiger partial charge on any atom is -0.497 e. The highest BCUT2D eigenvalue weighted by Gasteiger charge is 2.23. The van der Waals surface area contributed by atoms with Crippen molar-refractivity contribution in [2.24, 2.45) is 0 Å². The smallest absolute Gasteiger partial charge is 0.276 e. The molecule has 1 aliphatic rings. The molecule has 0 unspecified atom stereocenters. The molecule has 0 fully saturated rings. The summed E-state index contributed by atoms with van der Waals surface area (Å²) in [5.74, 6) is 1.16. The SMILES string of the molecule is CC.CCN(C)CCn1c(=O)c(N2CCNc3c(C)cccc32)cc2cnc(Nc3cccc(OC)c3)nc21. The van der Waals surface area contributed by atoms with Gasteiger partial charge in [0.05, 0.1) is 18.5 Å². The van der Waals surface area contributed by atoms with E-state index in [4.69, 9.17) is 9.72 Å². The second-order valence-corrected chi connectivity index (χ2v) is 9.26. The zero-order valence-electron chi connectivity index (χ0n) is 23.8. The van der Waals surface area contributed by atoms with Crippen molar-refractivity contribution >= 4 is 39.7 Å². The summed E-state index contributed by atoms with van der Waals surface area (Å²) in [5.41, 5.74) is 5.23. The molecule has 0 aliphatic carbocycles. The summed E-state index contributed by atoms with van der Waals surface area (Å²) in [6, 6.07) is 15.7. The van der Waals surface area contributed by atoms with E-state index in [0.717, 1.165) is 53.4 Å². The second-order valence-electron chi connectivity index (χ2n) is 9.26. The first kappa shape index (κ1) is 27.9. The number of benzene rings is 2. The van der Waals surface area contributed by atoms with Gasteiger partial charge in [-0.25, -0.2) is 4.98 Å². The third kappa shape index (κ3) is 5.98. The molecule has 0 saturated heterocycles. The highest BCUT2D eigenvalue weighted by Crippen LogP contribution is 2.36. The van der Waals surface area contributed by atoms with E-state index in [1.807, 2.05) is 50.2 Å². The summed E-state index contributed by atoms with van der Waals surface area (Å²) in [4.78, 5) is 27.7. The average molecular weight is 530 g/mol. The molecule has 3 heterocycles. The number of hydrogen-bond donors (Lipinski definition) is 2. The number of anilines is 5. The van der Waals surface area contributed by atoms with Crippen molar-refractivity contribution in [3.8, 4) is 5.75 Å². The minimum atomic E-state index is -0.0580. The molecule has 0 spiro atoms. The number of methoxy groups -OCH3 is 1. The van der Waals surface area contributed by atoms with Crippen molar-refractivity contribution in [3.63, 3.8) is 0 Å². The number of rotatable bonds is 8. The third-order valence-corrected chi connectivity index (χ3v) is 6.85. The maximum absolute atomic E-state index is 14.0. The Bertz CT molecular complexity index is 1480. The number of para-hydroxylation sites is 1. The van der Waals surface area contributed by atoms with Crippen molar-refractivity contribution in [1.82, 2.24) is 19.4 Å². The van der Waals surface area contributed by atoms with Gasteiger partial charge in [-0.2, -0.15) is 4.98 Å². The molecule has 9 nitrogen and oxygen atoms in total. The number of ether oxygens (including phenoxy) is 1. The van der Waals surface area contributed by atoms with E-state index in [1.54, 1.807) is 17.9 Å².